The van der Waals surface area contributed by atoms with Gasteiger partial charge in [-0.3, -0.25) is 9.35 Å². The number of carbonyl (C=O) groups excluding carboxylic acids is 1. The lowest BCUT2D eigenvalue weighted by Gasteiger charge is -2.64. The molecule has 4 bridgehead atoms. The van der Waals surface area contributed by atoms with E-state index in [1.165, 1.54) is 0 Å². The lowest BCUT2D eigenvalue weighted by atomic mass is 9.40. The smallest absolute Gasteiger partial charge is 0.400 e. The minimum absolute atomic E-state index is 0.307. The van der Waals surface area contributed by atoms with Crippen LogP contribution in [0.5, 0.6) is 0 Å². The zero-order valence-electron chi connectivity index (χ0n) is 16.8. The Kier molecular flexibility index (Phi) is 5.26. The Bertz CT molecular complexity index is 793. The van der Waals surface area contributed by atoms with Crippen molar-refractivity contribution in [2.24, 2.45) is 22.7 Å². The fraction of sp³-hybridized carbons (Fsp3) is 0.950. The van der Waals surface area contributed by atoms with E-state index in [0.717, 1.165) is 44.9 Å². The first-order valence-corrected chi connectivity index (χ1v) is 12.2. The van der Waals surface area contributed by atoms with Gasteiger partial charge >= 0.3 is 21.3 Å². The van der Waals surface area contributed by atoms with Crippen molar-refractivity contribution >= 4 is 16.1 Å². The minimum atomic E-state index is -5.89. The number of aliphatic hydroxyl groups is 1. The molecule has 10 heteroatoms. The van der Waals surface area contributed by atoms with E-state index in [-0.39, 0.29) is 5.41 Å². The third-order valence-corrected chi connectivity index (χ3v) is 9.17. The molecule has 0 aliphatic heterocycles. The Labute approximate surface area is 174 Å². The summed E-state index contributed by atoms with van der Waals surface area (Å²) in [5, 5.41) is 6.45. The third kappa shape index (κ3) is 3.37. The molecule has 0 aromatic heterocycles. The molecule has 0 saturated heterocycles. The van der Waals surface area contributed by atoms with Crippen LogP contribution in [0.15, 0.2) is 0 Å². The monoisotopic (exact) mass is 454 g/mol. The highest BCUT2D eigenvalue weighted by Crippen LogP contribution is 2.70. The van der Waals surface area contributed by atoms with E-state index in [1.807, 2.05) is 0 Å². The van der Waals surface area contributed by atoms with Crippen LogP contribution in [0, 0.1) is 22.7 Å². The molecule has 5 fully saturated rings. The van der Waals surface area contributed by atoms with Gasteiger partial charge in [-0.15, -0.1) is 0 Å². The molecule has 0 aromatic rings. The number of rotatable bonds is 7. The van der Waals surface area contributed by atoms with Gasteiger partial charge in [0.25, 0.3) is 0 Å². The Morgan fingerprint density at radius 2 is 1.70 bits per heavy atom. The van der Waals surface area contributed by atoms with Crippen LogP contribution in [0.1, 0.15) is 70.6 Å². The van der Waals surface area contributed by atoms with E-state index in [9.17, 15) is 31.5 Å². The van der Waals surface area contributed by atoms with Crippen LogP contribution in [0.25, 0.3) is 0 Å². The predicted octanol–water partition coefficient (Wildman–Crippen LogP) is 3.63. The summed E-state index contributed by atoms with van der Waals surface area (Å²) in [5.41, 5.74) is -1.90. The summed E-state index contributed by atoms with van der Waals surface area (Å²) in [6, 6.07) is 0. The molecule has 0 heterocycles. The van der Waals surface area contributed by atoms with E-state index in [1.54, 1.807) is 0 Å². The van der Waals surface area contributed by atoms with Crippen molar-refractivity contribution in [3.05, 3.63) is 0 Å². The SMILES string of the molecule is O=C(OCCC(F)C(F)(F)S(=O)(=O)O)C12CC3CC(C1)CC(C1(O)CCCC1)(C3)C2. The van der Waals surface area contributed by atoms with E-state index < -0.39 is 51.6 Å². The van der Waals surface area contributed by atoms with Gasteiger partial charge in [-0.05, 0) is 63.2 Å². The maximum atomic E-state index is 13.7. The lowest BCUT2D eigenvalue weighted by Crippen LogP contribution is -2.62. The molecular weight excluding hydrogens is 425 g/mol. The second-order valence-corrected chi connectivity index (χ2v) is 11.7. The zero-order chi connectivity index (χ0) is 22.0. The van der Waals surface area contributed by atoms with Crippen LogP contribution in [-0.2, 0) is 19.6 Å². The molecule has 0 spiro atoms. The number of ether oxygens (including phenoxy) is 1. The van der Waals surface area contributed by atoms with Gasteiger partial charge in [0.05, 0.1) is 17.6 Å². The molecule has 5 aliphatic rings. The molecule has 3 atom stereocenters. The van der Waals surface area contributed by atoms with Gasteiger partial charge in [-0.2, -0.15) is 17.2 Å². The molecule has 5 saturated carbocycles. The zero-order valence-corrected chi connectivity index (χ0v) is 17.6. The number of halogens is 3. The first kappa shape index (κ1) is 22.3. The highest BCUT2D eigenvalue weighted by Gasteiger charge is 2.67. The number of hydrogen-bond acceptors (Lipinski definition) is 5. The van der Waals surface area contributed by atoms with Crippen molar-refractivity contribution in [3.63, 3.8) is 0 Å². The van der Waals surface area contributed by atoms with E-state index in [2.05, 4.69) is 0 Å². The molecule has 0 aromatic carbocycles. The topological polar surface area (TPSA) is 101 Å². The maximum absolute atomic E-state index is 13.7. The van der Waals surface area contributed by atoms with Gasteiger partial charge in [0, 0.05) is 11.8 Å². The average Bonchev–Trinajstić information content (AvgIpc) is 3.08. The van der Waals surface area contributed by atoms with E-state index >= 15 is 0 Å². The molecule has 6 nitrogen and oxygen atoms in total. The van der Waals surface area contributed by atoms with Crippen molar-refractivity contribution in [2.75, 3.05) is 6.61 Å². The largest absolute Gasteiger partial charge is 0.465 e. The van der Waals surface area contributed by atoms with E-state index in [4.69, 9.17) is 9.29 Å². The summed E-state index contributed by atoms with van der Waals surface area (Å²) in [6.45, 7) is -0.695. The Hall–Kier alpha value is -0.870. The maximum Gasteiger partial charge on any atom is 0.400 e. The van der Waals surface area contributed by atoms with Gasteiger partial charge in [-0.25, -0.2) is 4.39 Å². The highest BCUT2D eigenvalue weighted by molar-refractivity contribution is 7.86. The Morgan fingerprint density at radius 1 is 1.13 bits per heavy atom. The van der Waals surface area contributed by atoms with Crippen LogP contribution in [0.3, 0.4) is 0 Å². The molecule has 5 aliphatic carbocycles. The summed E-state index contributed by atoms with van der Waals surface area (Å²) >= 11 is 0. The van der Waals surface area contributed by atoms with Crippen LogP contribution in [0.4, 0.5) is 13.2 Å². The predicted molar refractivity (Wildman–Crippen MR) is 99.9 cm³/mol. The average molecular weight is 455 g/mol. The first-order chi connectivity index (χ1) is 13.8. The van der Waals surface area contributed by atoms with Gasteiger partial charge in [0.1, 0.15) is 0 Å². The highest BCUT2D eigenvalue weighted by atomic mass is 32.2. The summed E-state index contributed by atoms with van der Waals surface area (Å²) in [6.07, 6.45) is 3.72. The Morgan fingerprint density at radius 3 is 2.23 bits per heavy atom. The van der Waals surface area contributed by atoms with Gasteiger partial charge in [0.15, 0.2) is 6.17 Å². The quantitative estimate of drug-likeness (QED) is 0.450. The molecule has 172 valence electrons. The fourth-order valence-corrected chi connectivity index (χ4v) is 7.71. The summed E-state index contributed by atoms with van der Waals surface area (Å²) in [7, 11) is -5.89. The molecule has 0 amide bonds. The third-order valence-electron chi connectivity index (χ3n) is 8.23. The summed E-state index contributed by atoms with van der Waals surface area (Å²) in [5.74, 6) is 0.0485. The first-order valence-electron chi connectivity index (χ1n) is 10.7. The second-order valence-electron chi connectivity index (χ2n) is 10.2. The Balaban J connectivity index is 1.44. The van der Waals surface area contributed by atoms with Gasteiger partial charge in [-0.1, -0.05) is 12.8 Å². The minimum Gasteiger partial charge on any atom is -0.465 e. The van der Waals surface area contributed by atoms with Crippen LogP contribution >= 0.6 is 0 Å². The summed E-state index contributed by atoms with van der Waals surface area (Å²) in [4.78, 5) is 13.0. The second kappa shape index (κ2) is 7.07. The molecule has 3 unspecified atom stereocenters. The molecule has 0 radical (unpaired) electrons. The number of alkyl halides is 3. The number of carbonyl (C=O) groups is 1. The van der Waals surface area contributed by atoms with Crippen molar-refractivity contribution in [2.45, 2.75) is 87.7 Å². The molecular formula is C20H29F3O6S. The number of esters is 1. The molecule has 2 N–H and O–H groups in total. The summed E-state index contributed by atoms with van der Waals surface area (Å²) < 4.78 is 75.3. The molecule has 5 rings (SSSR count). The van der Waals surface area contributed by atoms with Crippen molar-refractivity contribution < 1.29 is 40.8 Å². The van der Waals surface area contributed by atoms with Crippen LogP contribution in [0.2, 0.25) is 0 Å². The fourth-order valence-electron chi connectivity index (χ4n) is 7.27. The lowest BCUT2D eigenvalue weighted by molar-refractivity contribution is -0.216. The van der Waals surface area contributed by atoms with Crippen LogP contribution < -0.4 is 0 Å². The number of hydrogen-bond donors (Lipinski definition) is 2. The van der Waals surface area contributed by atoms with Crippen LogP contribution in [-0.4, -0.2) is 47.7 Å². The molecule has 30 heavy (non-hydrogen) atoms. The van der Waals surface area contributed by atoms with Crippen molar-refractivity contribution in [1.82, 2.24) is 0 Å². The van der Waals surface area contributed by atoms with E-state index in [0.29, 0.717) is 31.1 Å². The standard InChI is InChI=1S/C20H29F3O6S/c21-15(20(22,23)30(26,27)28)3-6-29-16(24)17-8-13-7-14(9-17)11-18(10-13,12-17)19(25)4-1-2-5-19/h13-15,25H,1-12H2,(H,26,27,28). The van der Waals surface area contributed by atoms with Crippen molar-refractivity contribution in [1.29, 1.82) is 0 Å². The van der Waals surface area contributed by atoms with Gasteiger partial charge in [0.2, 0.25) is 0 Å². The normalized spacial score (nSPS) is 38.6. The van der Waals surface area contributed by atoms with Gasteiger partial charge < -0.3 is 9.84 Å². The van der Waals surface area contributed by atoms with Crippen molar-refractivity contribution in [3.8, 4) is 0 Å².